The third-order valence-electron chi connectivity index (χ3n) is 3.76. The molecule has 4 N–H and O–H groups in total. The first-order chi connectivity index (χ1) is 12.4. The maximum Gasteiger partial charge on any atom is 0.250 e. The third-order valence-corrected chi connectivity index (χ3v) is 7.20. The molecule has 0 aromatic carbocycles. The van der Waals surface area contributed by atoms with E-state index in [1.165, 1.54) is 0 Å². The van der Waals surface area contributed by atoms with Crippen LogP contribution in [0.25, 0.3) is 0 Å². The fraction of sp³-hybridized carbons (Fsp3) is 0.467. The van der Waals surface area contributed by atoms with Gasteiger partial charge in [-0.05, 0) is 47.7 Å². The Morgan fingerprint density at radius 3 is 2.92 bits per heavy atom. The zero-order valence-corrected chi connectivity index (χ0v) is 17.3. The Balaban J connectivity index is 1.69. The van der Waals surface area contributed by atoms with Crippen molar-refractivity contribution in [2.45, 2.75) is 30.0 Å². The highest BCUT2D eigenvalue weighted by Gasteiger charge is 2.25. The fourth-order valence-electron chi connectivity index (χ4n) is 2.08. The lowest BCUT2D eigenvalue weighted by molar-refractivity contribution is 0.281. The minimum atomic E-state index is -3.48. The molecular weight excluding hydrogens is 442 g/mol. The summed E-state index contributed by atoms with van der Waals surface area (Å²) in [6.45, 7) is 2.29. The van der Waals surface area contributed by atoms with Gasteiger partial charge in [-0.3, -0.25) is 0 Å². The second kappa shape index (κ2) is 8.17. The zero-order valence-electron chi connectivity index (χ0n) is 14.1. The Hall–Kier alpha value is -1.27. The average Bonchev–Trinajstić information content (AvgIpc) is 3.32. The van der Waals surface area contributed by atoms with Gasteiger partial charge in [0.2, 0.25) is 16.0 Å². The molecule has 26 heavy (non-hydrogen) atoms. The SMILES string of the molecule is CC(CO)Nc1nc(Nc2csc(S(=O)(=O)NCC3CC3)c2)ncc1Br. The normalized spacial score (nSPS) is 15.7. The molecule has 0 spiro atoms. The van der Waals surface area contributed by atoms with Crippen LogP contribution in [0.3, 0.4) is 0 Å². The highest BCUT2D eigenvalue weighted by Crippen LogP contribution is 2.30. The first-order valence-corrected chi connectivity index (χ1v) is 11.3. The lowest BCUT2D eigenvalue weighted by Gasteiger charge is -2.13. The van der Waals surface area contributed by atoms with Crippen molar-refractivity contribution in [1.82, 2.24) is 14.7 Å². The Kier molecular flexibility index (Phi) is 6.13. The van der Waals surface area contributed by atoms with E-state index >= 15 is 0 Å². The van der Waals surface area contributed by atoms with Crippen LogP contribution in [0.15, 0.2) is 26.3 Å². The molecule has 3 rings (SSSR count). The summed E-state index contributed by atoms with van der Waals surface area (Å²) in [7, 11) is -3.48. The number of thiophene rings is 1. The first-order valence-electron chi connectivity index (χ1n) is 8.12. The molecule has 1 unspecified atom stereocenters. The molecule has 1 atom stereocenters. The number of halogens is 1. The molecule has 8 nitrogen and oxygen atoms in total. The highest BCUT2D eigenvalue weighted by atomic mass is 79.9. The molecule has 1 aliphatic carbocycles. The third kappa shape index (κ3) is 5.13. The van der Waals surface area contributed by atoms with Gasteiger partial charge < -0.3 is 15.7 Å². The lowest BCUT2D eigenvalue weighted by Crippen LogP contribution is -2.25. The summed E-state index contributed by atoms with van der Waals surface area (Å²) in [5.74, 6) is 1.34. The highest BCUT2D eigenvalue weighted by molar-refractivity contribution is 9.10. The predicted octanol–water partition coefficient (Wildman–Crippen LogP) is 2.53. The molecule has 0 amide bonds. The van der Waals surface area contributed by atoms with E-state index in [2.05, 4.69) is 41.3 Å². The molecule has 142 valence electrons. The van der Waals surface area contributed by atoms with E-state index in [1.54, 1.807) is 17.6 Å². The van der Waals surface area contributed by atoms with Crippen LogP contribution in [0.1, 0.15) is 19.8 Å². The van der Waals surface area contributed by atoms with Crippen LogP contribution in [0.2, 0.25) is 0 Å². The van der Waals surface area contributed by atoms with E-state index < -0.39 is 10.0 Å². The molecular formula is C15H20BrN5O3S2. The van der Waals surface area contributed by atoms with E-state index in [4.69, 9.17) is 5.11 Å². The Bertz CT molecular complexity index is 870. The summed E-state index contributed by atoms with van der Waals surface area (Å²) in [5, 5.41) is 16.9. The molecule has 2 aromatic rings. The van der Waals surface area contributed by atoms with Gasteiger partial charge in [-0.25, -0.2) is 18.1 Å². The molecule has 0 aliphatic heterocycles. The summed E-state index contributed by atoms with van der Waals surface area (Å²) >= 11 is 4.50. The Morgan fingerprint density at radius 2 is 2.23 bits per heavy atom. The van der Waals surface area contributed by atoms with E-state index in [0.29, 0.717) is 34.4 Å². The summed E-state index contributed by atoms with van der Waals surface area (Å²) in [5.41, 5.74) is 0.602. The van der Waals surface area contributed by atoms with Gasteiger partial charge in [-0.1, -0.05) is 0 Å². The van der Waals surface area contributed by atoms with Crippen LogP contribution in [0.4, 0.5) is 17.5 Å². The van der Waals surface area contributed by atoms with Gasteiger partial charge >= 0.3 is 0 Å². The summed E-state index contributed by atoms with van der Waals surface area (Å²) < 4.78 is 28.1. The maximum absolute atomic E-state index is 12.3. The van der Waals surface area contributed by atoms with Crippen molar-refractivity contribution in [2.75, 3.05) is 23.8 Å². The minimum Gasteiger partial charge on any atom is -0.394 e. The number of rotatable bonds is 9. The van der Waals surface area contributed by atoms with E-state index in [-0.39, 0.29) is 16.9 Å². The molecule has 2 heterocycles. The van der Waals surface area contributed by atoms with Crippen molar-refractivity contribution >= 4 is 54.7 Å². The van der Waals surface area contributed by atoms with Crippen LogP contribution in [-0.4, -0.2) is 42.7 Å². The second-order valence-electron chi connectivity index (χ2n) is 6.19. The molecule has 11 heteroatoms. The van der Waals surface area contributed by atoms with E-state index in [1.807, 2.05) is 6.92 Å². The van der Waals surface area contributed by atoms with E-state index in [0.717, 1.165) is 24.2 Å². The van der Waals surface area contributed by atoms with Gasteiger partial charge in [0.1, 0.15) is 10.0 Å². The monoisotopic (exact) mass is 461 g/mol. The maximum atomic E-state index is 12.3. The number of nitrogens with zero attached hydrogens (tertiary/aromatic N) is 2. The van der Waals surface area contributed by atoms with Gasteiger partial charge in [0, 0.05) is 24.2 Å². The molecule has 1 saturated carbocycles. The van der Waals surface area contributed by atoms with Gasteiger partial charge in [0.15, 0.2) is 0 Å². The van der Waals surface area contributed by atoms with Crippen LogP contribution in [0.5, 0.6) is 0 Å². The van der Waals surface area contributed by atoms with Crippen LogP contribution in [-0.2, 0) is 10.0 Å². The van der Waals surface area contributed by atoms with Gasteiger partial charge in [-0.15, -0.1) is 11.3 Å². The van der Waals surface area contributed by atoms with Gasteiger partial charge in [0.05, 0.1) is 16.8 Å². The number of aliphatic hydroxyl groups is 1. The topological polar surface area (TPSA) is 116 Å². The number of nitrogens with one attached hydrogen (secondary N) is 3. The zero-order chi connectivity index (χ0) is 18.7. The molecule has 0 saturated heterocycles. The number of aliphatic hydroxyl groups excluding tert-OH is 1. The van der Waals surface area contributed by atoms with Crippen molar-refractivity contribution in [3.63, 3.8) is 0 Å². The minimum absolute atomic E-state index is 0.0290. The van der Waals surface area contributed by atoms with Crippen molar-refractivity contribution in [3.8, 4) is 0 Å². The number of sulfonamides is 1. The number of hydrogen-bond donors (Lipinski definition) is 4. The molecule has 1 fully saturated rings. The summed E-state index contributed by atoms with van der Waals surface area (Å²) in [6, 6.07) is 1.40. The molecule has 0 bridgehead atoms. The first kappa shape index (κ1) is 19.5. The summed E-state index contributed by atoms with van der Waals surface area (Å²) in [6.07, 6.45) is 3.76. The number of hydrogen-bond acceptors (Lipinski definition) is 8. The molecule has 2 aromatic heterocycles. The number of aromatic nitrogens is 2. The Morgan fingerprint density at radius 1 is 1.46 bits per heavy atom. The largest absolute Gasteiger partial charge is 0.394 e. The average molecular weight is 462 g/mol. The quantitative estimate of drug-likeness (QED) is 0.453. The molecule has 1 aliphatic rings. The van der Waals surface area contributed by atoms with Crippen molar-refractivity contribution in [1.29, 1.82) is 0 Å². The van der Waals surface area contributed by atoms with Crippen LogP contribution < -0.4 is 15.4 Å². The second-order valence-corrected chi connectivity index (χ2v) is 9.95. The predicted molar refractivity (Wildman–Crippen MR) is 105 cm³/mol. The van der Waals surface area contributed by atoms with E-state index in [9.17, 15) is 8.42 Å². The van der Waals surface area contributed by atoms with Crippen molar-refractivity contribution in [3.05, 3.63) is 22.1 Å². The smallest absolute Gasteiger partial charge is 0.250 e. The van der Waals surface area contributed by atoms with Gasteiger partial charge in [-0.2, -0.15) is 4.98 Å². The molecule has 0 radical (unpaired) electrons. The summed E-state index contributed by atoms with van der Waals surface area (Å²) in [4.78, 5) is 8.52. The van der Waals surface area contributed by atoms with Crippen molar-refractivity contribution < 1.29 is 13.5 Å². The number of anilines is 3. The lowest BCUT2D eigenvalue weighted by atomic mass is 10.3. The van der Waals surface area contributed by atoms with Crippen LogP contribution in [0, 0.1) is 5.92 Å². The van der Waals surface area contributed by atoms with Crippen molar-refractivity contribution in [2.24, 2.45) is 5.92 Å². The fourth-order valence-corrected chi connectivity index (χ4v) is 4.66. The standard InChI is InChI=1S/C15H20BrN5O3S2/c1-9(7-22)19-14-12(16)6-17-15(21-14)20-11-4-13(25-8-11)26(23,24)18-5-10-2-3-10/h4,6,8-10,18,22H,2-3,5,7H2,1H3,(H2,17,19,20,21). The Labute approximate surface area is 164 Å². The van der Waals surface area contributed by atoms with Crippen LogP contribution >= 0.6 is 27.3 Å². The van der Waals surface area contributed by atoms with Gasteiger partial charge in [0.25, 0.3) is 0 Å².